The second-order valence-corrected chi connectivity index (χ2v) is 5.30. The van der Waals surface area contributed by atoms with Crippen molar-refractivity contribution in [2.45, 2.75) is 0 Å². The van der Waals surface area contributed by atoms with Crippen LogP contribution >= 0.6 is 0 Å². The maximum absolute atomic E-state index is 11.7. The van der Waals surface area contributed by atoms with Gasteiger partial charge in [0.05, 0.1) is 40.9 Å². The number of amides is 2. The fourth-order valence-electron chi connectivity index (χ4n) is 2.22. The average molecular weight is 386 g/mol. The number of nitrogens with one attached hydrogen (secondary N) is 2. The smallest absolute Gasteiger partial charge is 0.355 e. The van der Waals surface area contributed by atoms with E-state index in [1.807, 2.05) is 0 Å². The van der Waals surface area contributed by atoms with Crippen LogP contribution < -0.4 is 29.8 Å². The molecule has 0 aromatic heterocycles. The van der Waals surface area contributed by atoms with Crippen LogP contribution in [0.3, 0.4) is 0 Å². The molecule has 0 radical (unpaired) electrons. The van der Waals surface area contributed by atoms with Crippen molar-refractivity contribution in [3.05, 3.63) is 47.5 Å². The van der Waals surface area contributed by atoms with E-state index in [1.54, 1.807) is 64.8 Å². The van der Waals surface area contributed by atoms with Crippen molar-refractivity contribution in [1.29, 1.82) is 0 Å². The molecule has 0 saturated heterocycles. The zero-order valence-corrected chi connectivity index (χ0v) is 16.1. The van der Waals surface area contributed by atoms with Crippen molar-refractivity contribution < 1.29 is 23.7 Å². The van der Waals surface area contributed by atoms with Gasteiger partial charge >= 0.3 is 6.03 Å². The van der Waals surface area contributed by atoms with E-state index >= 15 is 0 Å². The van der Waals surface area contributed by atoms with E-state index in [0.29, 0.717) is 23.0 Å². The van der Waals surface area contributed by atoms with E-state index in [2.05, 4.69) is 21.1 Å². The molecule has 0 aliphatic heterocycles. The zero-order valence-electron chi connectivity index (χ0n) is 16.1. The quantitative estimate of drug-likeness (QED) is 0.536. The first kappa shape index (κ1) is 20.6. The molecule has 0 spiro atoms. The van der Waals surface area contributed by atoms with Crippen LogP contribution in [0.4, 0.5) is 4.79 Å². The molecule has 0 unspecified atom stereocenters. The molecular formula is C19H22N4O5. The molecule has 148 valence electrons. The predicted molar refractivity (Wildman–Crippen MR) is 106 cm³/mol. The van der Waals surface area contributed by atoms with Crippen LogP contribution in [-0.4, -0.2) is 46.9 Å². The molecule has 2 N–H and O–H groups in total. The van der Waals surface area contributed by atoms with Crippen LogP contribution in [0, 0.1) is 0 Å². The normalized spacial score (nSPS) is 10.7. The zero-order chi connectivity index (χ0) is 20.4. The van der Waals surface area contributed by atoms with Crippen molar-refractivity contribution in [2.75, 3.05) is 28.4 Å². The van der Waals surface area contributed by atoms with Gasteiger partial charge in [-0.1, -0.05) is 0 Å². The van der Waals surface area contributed by atoms with Gasteiger partial charge in [-0.3, -0.25) is 0 Å². The summed E-state index contributed by atoms with van der Waals surface area (Å²) in [6, 6.07) is 9.92. The Bertz CT molecular complexity index is 798. The third kappa shape index (κ3) is 5.63. The number of hydrogen-bond acceptors (Lipinski definition) is 7. The molecular weight excluding hydrogens is 364 g/mol. The second kappa shape index (κ2) is 10.4. The van der Waals surface area contributed by atoms with E-state index in [4.69, 9.17) is 18.9 Å². The van der Waals surface area contributed by atoms with Crippen LogP contribution in [0.15, 0.2) is 46.6 Å². The number of ether oxygens (including phenoxy) is 4. The topological polar surface area (TPSA) is 103 Å². The number of methoxy groups -OCH3 is 4. The van der Waals surface area contributed by atoms with E-state index < -0.39 is 6.03 Å². The lowest BCUT2D eigenvalue weighted by molar-refractivity contribution is 0.242. The third-order valence-electron chi connectivity index (χ3n) is 3.57. The summed E-state index contributed by atoms with van der Waals surface area (Å²) in [7, 11) is 6.20. The number of carbonyl (C=O) groups excluding carboxylic acids is 1. The maximum Gasteiger partial charge on any atom is 0.355 e. The fraction of sp³-hybridized carbons (Fsp3) is 0.211. The van der Waals surface area contributed by atoms with Gasteiger partial charge in [-0.15, -0.1) is 0 Å². The summed E-state index contributed by atoms with van der Waals surface area (Å²) in [5.74, 6) is 2.34. The van der Waals surface area contributed by atoms with Crippen LogP contribution in [0.1, 0.15) is 11.1 Å². The molecule has 0 atom stereocenters. The van der Waals surface area contributed by atoms with Gasteiger partial charge in [0, 0.05) is 0 Å². The van der Waals surface area contributed by atoms with Crippen molar-refractivity contribution in [3.63, 3.8) is 0 Å². The molecule has 9 nitrogen and oxygen atoms in total. The molecule has 28 heavy (non-hydrogen) atoms. The number of hydrazone groups is 2. The lowest BCUT2D eigenvalue weighted by atomic mass is 10.2. The number of carbonyl (C=O) groups is 1. The molecule has 2 aromatic carbocycles. The molecule has 0 bridgehead atoms. The Morgan fingerprint density at radius 2 is 1.11 bits per heavy atom. The molecule has 0 fully saturated rings. The van der Waals surface area contributed by atoms with E-state index in [-0.39, 0.29) is 0 Å². The van der Waals surface area contributed by atoms with E-state index in [9.17, 15) is 4.79 Å². The molecule has 0 aliphatic carbocycles. The Kier molecular flexibility index (Phi) is 7.64. The summed E-state index contributed by atoms with van der Waals surface area (Å²) in [5.41, 5.74) is 6.08. The van der Waals surface area contributed by atoms with Gasteiger partial charge in [0.25, 0.3) is 0 Å². The third-order valence-corrected chi connectivity index (χ3v) is 3.57. The maximum atomic E-state index is 11.7. The minimum absolute atomic E-state index is 0.565. The Morgan fingerprint density at radius 1 is 0.714 bits per heavy atom. The Labute approximate surface area is 162 Å². The first-order valence-corrected chi connectivity index (χ1v) is 8.17. The summed E-state index contributed by atoms with van der Waals surface area (Å²) in [4.78, 5) is 11.7. The highest BCUT2D eigenvalue weighted by atomic mass is 16.5. The van der Waals surface area contributed by atoms with Gasteiger partial charge in [-0.25, -0.2) is 15.6 Å². The van der Waals surface area contributed by atoms with Gasteiger partial charge in [0.2, 0.25) is 0 Å². The van der Waals surface area contributed by atoms with Crippen molar-refractivity contribution in [2.24, 2.45) is 10.2 Å². The minimum Gasteiger partial charge on any atom is -0.493 e. The summed E-state index contributed by atoms with van der Waals surface area (Å²) >= 11 is 0. The van der Waals surface area contributed by atoms with Crippen molar-refractivity contribution >= 4 is 18.5 Å². The highest BCUT2D eigenvalue weighted by Gasteiger charge is 2.04. The van der Waals surface area contributed by atoms with Crippen molar-refractivity contribution in [3.8, 4) is 23.0 Å². The lowest BCUT2D eigenvalue weighted by Gasteiger charge is -2.07. The Hall–Kier alpha value is -3.75. The van der Waals surface area contributed by atoms with Gasteiger partial charge in [0.1, 0.15) is 0 Å². The summed E-state index contributed by atoms with van der Waals surface area (Å²) < 4.78 is 20.7. The molecule has 2 rings (SSSR count). The molecule has 2 aromatic rings. The molecule has 0 aliphatic rings. The first-order chi connectivity index (χ1) is 13.6. The van der Waals surface area contributed by atoms with Crippen LogP contribution in [0.2, 0.25) is 0 Å². The number of urea groups is 1. The van der Waals surface area contributed by atoms with Gasteiger partial charge in [-0.05, 0) is 47.5 Å². The van der Waals surface area contributed by atoms with Crippen LogP contribution in [0.25, 0.3) is 0 Å². The standard InChI is InChI=1S/C19H22N4O5/c1-25-15-7-5-13(9-17(15)27-3)11-20-22-19(24)23-21-12-14-6-8-16(26-2)18(10-14)28-4/h5-12H,1-4H3,(H2,22,23,24). The molecule has 0 saturated carbocycles. The summed E-state index contributed by atoms with van der Waals surface area (Å²) in [6.45, 7) is 0. The Morgan fingerprint density at radius 3 is 1.46 bits per heavy atom. The SMILES string of the molecule is COc1ccc(C=NNC(=O)NN=Cc2ccc(OC)c(OC)c2)cc1OC. The average Bonchev–Trinajstić information content (AvgIpc) is 2.73. The minimum atomic E-state index is -0.589. The summed E-state index contributed by atoms with van der Waals surface area (Å²) in [6.07, 6.45) is 2.94. The largest absolute Gasteiger partial charge is 0.493 e. The van der Waals surface area contributed by atoms with E-state index in [0.717, 1.165) is 11.1 Å². The number of rotatable bonds is 8. The number of nitrogens with zero attached hydrogens (tertiary/aromatic N) is 2. The van der Waals surface area contributed by atoms with Gasteiger partial charge in [0.15, 0.2) is 23.0 Å². The molecule has 0 heterocycles. The monoisotopic (exact) mass is 386 g/mol. The first-order valence-electron chi connectivity index (χ1n) is 8.17. The highest BCUT2D eigenvalue weighted by molar-refractivity contribution is 5.84. The Balaban J connectivity index is 1.89. The van der Waals surface area contributed by atoms with Gasteiger partial charge in [-0.2, -0.15) is 10.2 Å². The van der Waals surface area contributed by atoms with Crippen LogP contribution in [-0.2, 0) is 0 Å². The lowest BCUT2D eigenvalue weighted by Crippen LogP contribution is -2.28. The second-order valence-electron chi connectivity index (χ2n) is 5.30. The molecule has 9 heteroatoms. The van der Waals surface area contributed by atoms with E-state index in [1.165, 1.54) is 12.4 Å². The van der Waals surface area contributed by atoms with Gasteiger partial charge < -0.3 is 18.9 Å². The van der Waals surface area contributed by atoms with Crippen molar-refractivity contribution in [1.82, 2.24) is 10.9 Å². The number of benzene rings is 2. The summed E-state index contributed by atoms with van der Waals surface area (Å²) in [5, 5.41) is 7.71. The highest BCUT2D eigenvalue weighted by Crippen LogP contribution is 2.27. The number of hydrogen-bond donors (Lipinski definition) is 2. The molecule has 2 amide bonds. The van der Waals surface area contributed by atoms with Crippen LogP contribution in [0.5, 0.6) is 23.0 Å². The predicted octanol–water partition coefficient (Wildman–Crippen LogP) is 2.39. The fourth-order valence-corrected chi connectivity index (χ4v) is 2.22.